The fourth-order valence-corrected chi connectivity index (χ4v) is 3.16. The van der Waals surface area contributed by atoms with E-state index in [9.17, 15) is 0 Å². The van der Waals surface area contributed by atoms with Crippen LogP contribution in [0.2, 0.25) is 15.1 Å². The van der Waals surface area contributed by atoms with Crippen molar-refractivity contribution in [3.05, 3.63) is 67.1 Å². The third-order valence-corrected chi connectivity index (χ3v) is 4.55. The SMILES string of the molecule is CCCNC(c1cc(Cl)ccc1Cl)c1cc(Br)ccc1Cl. The summed E-state index contributed by atoms with van der Waals surface area (Å²) in [7, 11) is 0. The average Bonchev–Trinajstić information content (AvgIpc) is 2.46. The zero-order chi connectivity index (χ0) is 15.4. The Labute approximate surface area is 148 Å². The first kappa shape index (κ1) is 17.1. The molecule has 0 aliphatic heterocycles. The third-order valence-electron chi connectivity index (χ3n) is 3.14. The van der Waals surface area contributed by atoms with Crippen molar-refractivity contribution in [2.75, 3.05) is 6.54 Å². The lowest BCUT2D eigenvalue weighted by Crippen LogP contribution is -2.24. The highest BCUT2D eigenvalue weighted by Crippen LogP contribution is 2.35. The van der Waals surface area contributed by atoms with E-state index in [1.807, 2.05) is 30.3 Å². The number of rotatable bonds is 5. The average molecular weight is 408 g/mol. The molecule has 0 amide bonds. The summed E-state index contributed by atoms with van der Waals surface area (Å²) in [5.74, 6) is 0. The largest absolute Gasteiger partial charge is 0.306 e. The molecule has 112 valence electrons. The van der Waals surface area contributed by atoms with Gasteiger partial charge in [-0.05, 0) is 60.5 Å². The van der Waals surface area contributed by atoms with E-state index in [1.54, 1.807) is 6.07 Å². The molecule has 1 unspecified atom stereocenters. The van der Waals surface area contributed by atoms with Gasteiger partial charge < -0.3 is 5.32 Å². The minimum absolute atomic E-state index is 0.0962. The van der Waals surface area contributed by atoms with Crippen molar-refractivity contribution in [1.82, 2.24) is 5.32 Å². The van der Waals surface area contributed by atoms with Gasteiger partial charge in [0.05, 0.1) is 6.04 Å². The van der Waals surface area contributed by atoms with E-state index in [0.29, 0.717) is 15.1 Å². The summed E-state index contributed by atoms with van der Waals surface area (Å²) in [5.41, 5.74) is 1.90. The van der Waals surface area contributed by atoms with Gasteiger partial charge in [-0.15, -0.1) is 0 Å². The van der Waals surface area contributed by atoms with Crippen LogP contribution < -0.4 is 5.32 Å². The van der Waals surface area contributed by atoms with Crippen molar-refractivity contribution in [2.24, 2.45) is 0 Å². The fraction of sp³-hybridized carbons (Fsp3) is 0.250. The van der Waals surface area contributed by atoms with Crippen LogP contribution in [0.25, 0.3) is 0 Å². The van der Waals surface area contributed by atoms with Crippen LogP contribution in [-0.4, -0.2) is 6.54 Å². The summed E-state index contributed by atoms with van der Waals surface area (Å²) in [5, 5.41) is 5.51. The molecular formula is C16H15BrCl3N. The standard InChI is InChI=1S/C16H15BrCl3N/c1-2-7-21-16(12-8-10(17)3-5-14(12)19)13-9-11(18)4-6-15(13)20/h3-6,8-9,16,21H,2,7H2,1H3. The molecule has 0 aliphatic rings. The van der Waals surface area contributed by atoms with Crippen LogP contribution in [0.1, 0.15) is 30.5 Å². The minimum atomic E-state index is -0.0962. The van der Waals surface area contributed by atoms with Crippen molar-refractivity contribution in [2.45, 2.75) is 19.4 Å². The molecule has 0 aromatic heterocycles. The molecule has 0 bridgehead atoms. The smallest absolute Gasteiger partial charge is 0.0607 e. The summed E-state index contributed by atoms with van der Waals surface area (Å²) in [6.45, 7) is 2.97. The van der Waals surface area contributed by atoms with Crippen LogP contribution in [0.3, 0.4) is 0 Å². The molecule has 21 heavy (non-hydrogen) atoms. The molecule has 2 aromatic rings. The van der Waals surface area contributed by atoms with Crippen LogP contribution in [0, 0.1) is 0 Å². The number of nitrogens with one attached hydrogen (secondary N) is 1. The maximum absolute atomic E-state index is 6.38. The first-order chi connectivity index (χ1) is 10.0. The van der Waals surface area contributed by atoms with Crippen LogP contribution >= 0.6 is 50.7 Å². The summed E-state index contributed by atoms with van der Waals surface area (Å²) in [4.78, 5) is 0. The van der Waals surface area contributed by atoms with Crippen LogP contribution in [0.5, 0.6) is 0 Å². The molecule has 2 rings (SSSR count). The van der Waals surface area contributed by atoms with Gasteiger partial charge in [0, 0.05) is 19.5 Å². The molecular weight excluding hydrogens is 392 g/mol. The van der Waals surface area contributed by atoms with Gasteiger partial charge >= 0.3 is 0 Å². The van der Waals surface area contributed by atoms with Crippen molar-refractivity contribution in [3.63, 3.8) is 0 Å². The molecule has 1 N–H and O–H groups in total. The highest BCUT2D eigenvalue weighted by molar-refractivity contribution is 9.10. The van der Waals surface area contributed by atoms with Crippen molar-refractivity contribution >= 4 is 50.7 Å². The van der Waals surface area contributed by atoms with Crippen molar-refractivity contribution < 1.29 is 0 Å². The Balaban J connectivity index is 2.52. The van der Waals surface area contributed by atoms with Gasteiger partial charge in [-0.1, -0.05) is 57.7 Å². The van der Waals surface area contributed by atoms with Crippen LogP contribution in [-0.2, 0) is 0 Å². The lowest BCUT2D eigenvalue weighted by molar-refractivity contribution is 0.598. The summed E-state index contributed by atoms with van der Waals surface area (Å²) in [6.07, 6.45) is 1.01. The van der Waals surface area contributed by atoms with Gasteiger partial charge in [-0.2, -0.15) is 0 Å². The molecule has 2 aromatic carbocycles. The van der Waals surface area contributed by atoms with E-state index < -0.39 is 0 Å². The summed E-state index contributed by atoms with van der Waals surface area (Å²) >= 11 is 22.4. The number of halogens is 4. The Morgan fingerprint density at radius 3 is 2.29 bits per heavy atom. The molecule has 0 saturated heterocycles. The van der Waals surface area contributed by atoms with E-state index in [1.165, 1.54) is 0 Å². The Morgan fingerprint density at radius 2 is 1.62 bits per heavy atom. The monoisotopic (exact) mass is 405 g/mol. The molecule has 1 atom stereocenters. The second kappa shape index (κ2) is 7.85. The maximum Gasteiger partial charge on any atom is 0.0607 e. The van der Waals surface area contributed by atoms with Gasteiger partial charge in [0.25, 0.3) is 0 Å². The van der Waals surface area contributed by atoms with E-state index >= 15 is 0 Å². The third kappa shape index (κ3) is 4.37. The molecule has 1 nitrogen and oxygen atoms in total. The Kier molecular flexibility index (Phi) is 6.39. The molecule has 0 saturated carbocycles. The first-order valence-electron chi connectivity index (χ1n) is 6.66. The van der Waals surface area contributed by atoms with Gasteiger partial charge in [0.2, 0.25) is 0 Å². The van der Waals surface area contributed by atoms with Gasteiger partial charge in [0.1, 0.15) is 0 Å². The van der Waals surface area contributed by atoms with Gasteiger partial charge in [0.15, 0.2) is 0 Å². The molecule has 0 heterocycles. The lowest BCUT2D eigenvalue weighted by Gasteiger charge is -2.22. The van der Waals surface area contributed by atoms with Crippen LogP contribution in [0.15, 0.2) is 40.9 Å². The summed E-state index contributed by atoms with van der Waals surface area (Å²) in [6, 6.07) is 11.2. The Bertz CT molecular complexity index is 579. The fourth-order valence-electron chi connectivity index (χ4n) is 2.15. The highest BCUT2D eigenvalue weighted by atomic mass is 79.9. The maximum atomic E-state index is 6.38. The molecule has 0 aliphatic carbocycles. The van der Waals surface area contributed by atoms with Gasteiger partial charge in [-0.3, -0.25) is 0 Å². The second-order valence-corrected chi connectivity index (χ2v) is 6.89. The van der Waals surface area contributed by atoms with E-state index in [0.717, 1.165) is 28.6 Å². The molecule has 0 fully saturated rings. The topological polar surface area (TPSA) is 12.0 Å². The zero-order valence-corrected chi connectivity index (χ0v) is 15.3. The quantitative estimate of drug-likeness (QED) is 0.597. The van der Waals surface area contributed by atoms with Crippen molar-refractivity contribution in [3.8, 4) is 0 Å². The normalized spacial score (nSPS) is 12.4. The van der Waals surface area contributed by atoms with E-state index in [4.69, 9.17) is 34.8 Å². The van der Waals surface area contributed by atoms with Crippen molar-refractivity contribution in [1.29, 1.82) is 0 Å². The number of hydrogen-bond donors (Lipinski definition) is 1. The number of benzene rings is 2. The lowest BCUT2D eigenvalue weighted by atomic mass is 9.98. The van der Waals surface area contributed by atoms with E-state index in [-0.39, 0.29) is 6.04 Å². The predicted octanol–water partition coefficient (Wildman–Crippen LogP) is 6.50. The summed E-state index contributed by atoms with van der Waals surface area (Å²) < 4.78 is 0.975. The molecule has 5 heteroatoms. The van der Waals surface area contributed by atoms with Crippen LogP contribution in [0.4, 0.5) is 0 Å². The molecule has 0 spiro atoms. The zero-order valence-electron chi connectivity index (χ0n) is 11.5. The first-order valence-corrected chi connectivity index (χ1v) is 8.59. The highest BCUT2D eigenvalue weighted by Gasteiger charge is 2.19. The Hall–Kier alpha value is -0.250. The Morgan fingerprint density at radius 1 is 1.00 bits per heavy atom. The van der Waals surface area contributed by atoms with E-state index in [2.05, 4.69) is 28.2 Å². The molecule has 0 radical (unpaired) electrons. The second-order valence-electron chi connectivity index (χ2n) is 4.72. The minimum Gasteiger partial charge on any atom is -0.306 e. The predicted molar refractivity (Wildman–Crippen MR) is 95.8 cm³/mol. The number of hydrogen-bond acceptors (Lipinski definition) is 1. The van der Waals surface area contributed by atoms with Gasteiger partial charge in [-0.25, -0.2) is 0 Å².